The van der Waals surface area contributed by atoms with Crippen LogP contribution in [0.4, 0.5) is 5.69 Å². The minimum absolute atomic E-state index is 0.0905. The lowest BCUT2D eigenvalue weighted by atomic mass is 9.89. The van der Waals surface area contributed by atoms with Crippen molar-refractivity contribution >= 4 is 17.5 Å². The fraction of sp³-hybridized carbons (Fsp3) is 0.391. The zero-order valence-electron chi connectivity index (χ0n) is 16.7. The number of carbonyl (C=O) groups is 2. The molecular weight excluding hydrogens is 366 g/mol. The molecule has 0 spiro atoms. The summed E-state index contributed by atoms with van der Waals surface area (Å²) in [6, 6.07) is 15.1. The normalized spacial score (nSPS) is 26.8. The fourth-order valence-corrected chi connectivity index (χ4v) is 4.99. The van der Waals surface area contributed by atoms with Gasteiger partial charge in [0.1, 0.15) is 11.8 Å². The first-order chi connectivity index (χ1) is 14.1. The number of anilines is 1. The quantitative estimate of drug-likeness (QED) is 0.750. The molecule has 3 heterocycles. The highest BCUT2D eigenvalue weighted by Crippen LogP contribution is 2.48. The smallest absolute Gasteiger partial charge is 0.253 e. The first kappa shape index (κ1) is 18.3. The van der Waals surface area contributed by atoms with Gasteiger partial charge < -0.3 is 4.74 Å². The van der Waals surface area contributed by atoms with Crippen LogP contribution in [0, 0.1) is 12.8 Å². The minimum atomic E-state index is -0.414. The fourth-order valence-electron chi connectivity index (χ4n) is 4.99. The van der Waals surface area contributed by atoms with Crippen LogP contribution < -0.4 is 9.64 Å². The molecule has 6 nitrogen and oxygen atoms in total. The number of nitrogens with zero attached hydrogens (tertiary/aromatic N) is 3. The third-order valence-electron chi connectivity index (χ3n) is 6.23. The SMILES string of the molecule is CCOc1ccc(N2C(=O)[C@@H]3[C@@H](c4ccc(C)cc4)N4CCCN4[C@H]3C2=O)cc1. The third kappa shape index (κ3) is 2.78. The van der Waals surface area contributed by atoms with Crippen LogP contribution in [0.25, 0.3) is 0 Å². The highest BCUT2D eigenvalue weighted by Gasteiger charge is 2.62. The van der Waals surface area contributed by atoms with Crippen LogP contribution in [0.15, 0.2) is 48.5 Å². The Morgan fingerprint density at radius 1 is 0.897 bits per heavy atom. The largest absolute Gasteiger partial charge is 0.494 e. The van der Waals surface area contributed by atoms with Crippen molar-refractivity contribution < 1.29 is 14.3 Å². The number of rotatable bonds is 4. The summed E-state index contributed by atoms with van der Waals surface area (Å²) in [5.74, 6) is 0.130. The monoisotopic (exact) mass is 391 g/mol. The summed E-state index contributed by atoms with van der Waals surface area (Å²) < 4.78 is 5.49. The van der Waals surface area contributed by atoms with E-state index in [9.17, 15) is 9.59 Å². The van der Waals surface area contributed by atoms with E-state index in [-0.39, 0.29) is 23.8 Å². The molecule has 0 bridgehead atoms. The maximum absolute atomic E-state index is 13.5. The number of aryl methyl sites for hydroxylation is 1. The molecule has 2 aromatic carbocycles. The standard InChI is InChI=1S/C23H25N3O3/c1-3-29-18-11-9-17(10-12-18)26-22(27)19-20(16-7-5-15(2)6-8-16)24-13-4-14-25(24)21(19)23(26)28/h5-12,19-21H,3-4,13-14H2,1-2H3/t19-,20-,21-/m1/s1. The van der Waals surface area contributed by atoms with Gasteiger partial charge in [-0.05, 0) is 50.1 Å². The Hall–Kier alpha value is -2.70. The molecule has 0 unspecified atom stereocenters. The van der Waals surface area contributed by atoms with Crippen molar-refractivity contribution in [3.05, 3.63) is 59.7 Å². The van der Waals surface area contributed by atoms with Crippen LogP contribution in [-0.2, 0) is 9.59 Å². The maximum atomic E-state index is 13.5. The second-order valence-corrected chi connectivity index (χ2v) is 7.94. The number of imide groups is 1. The lowest BCUT2D eigenvalue weighted by molar-refractivity contribution is -0.126. The van der Waals surface area contributed by atoms with Gasteiger partial charge in [0.2, 0.25) is 5.91 Å². The van der Waals surface area contributed by atoms with Gasteiger partial charge in [-0.1, -0.05) is 29.8 Å². The number of hydrogen-bond donors (Lipinski definition) is 0. The topological polar surface area (TPSA) is 53.1 Å². The molecule has 0 aliphatic carbocycles. The molecule has 0 saturated carbocycles. The summed E-state index contributed by atoms with van der Waals surface area (Å²) in [5, 5.41) is 4.37. The molecule has 3 atom stereocenters. The van der Waals surface area contributed by atoms with Gasteiger partial charge in [0.05, 0.1) is 24.3 Å². The molecule has 150 valence electrons. The van der Waals surface area contributed by atoms with Crippen LogP contribution in [0.1, 0.15) is 30.5 Å². The molecule has 3 aliphatic rings. The van der Waals surface area contributed by atoms with E-state index in [1.54, 1.807) is 12.1 Å². The van der Waals surface area contributed by atoms with Crippen molar-refractivity contribution in [2.24, 2.45) is 5.92 Å². The van der Waals surface area contributed by atoms with Crippen molar-refractivity contribution in [2.75, 3.05) is 24.6 Å². The highest BCUT2D eigenvalue weighted by molar-refractivity contribution is 6.24. The van der Waals surface area contributed by atoms with Crippen LogP contribution in [0.2, 0.25) is 0 Å². The number of hydrazine groups is 1. The molecule has 3 aliphatic heterocycles. The molecule has 0 radical (unpaired) electrons. The number of hydrogen-bond acceptors (Lipinski definition) is 5. The van der Waals surface area contributed by atoms with Gasteiger partial charge in [0.15, 0.2) is 0 Å². The molecule has 6 heteroatoms. The highest BCUT2D eigenvalue weighted by atomic mass is 16.5. The Labute approximate surface area is 170 Å². The minimum Gasteiger partial charge on any atom is -0.494 e. The van der Waals surface area contributed by atoms with Crippen molar-refractivity contribution in [1.29, 1.82) is 0 Å². The molecule has 5 rings (SSSR count). The molecule has 2 aromatic rings. The number of benzene rings is 2. The van der Waals surface area contributed by atoms with E-state index in [4.69, 9.17) is 4.74 Å². The van der Waals surface area contributed by atoms with Gasteiger partial charge in [0, 0.05) is 13.1 Å². The zero-order chi connectivity index (χ0) is 20.1. The van der Waals surface area contributed by atoms with Crippen molar-refractivity contribution in [3.8, 4) is 5.75 Å². The average Bonchev–Trinajstić information content (AvgIpc) is 3.36. The predicted octanol–water partition coefficient (Wildman–Crippen LogP) is 2.93. The first-order valence-corrected chi connectivity index (χ1v) is 10.3. The second kappa shape index (κ2) is 6.97. The Bertz CT molecular complexity index is 941. The molecule has 3 fully saturated rings. The van der Waals surface area contributed by atoms with E-state index in [0.717, 1.165) is 30.8 Å². The van der Waals surface area contributed by atoms with E-state index >= 15 is 0 Å². The summed E-state index contributed by atoms with van der Waals surface area (Å²) in [5.41, 5.74) is 2.90. The zero-order valence-corrected chi connectivity index (χ0v) is 16.7. The lowest BCUT2D eigenvalue weighted by Crippen LogP contribution is -2.44. The Kier molecular flexibility index (Phi) is 4.41. The van der Waals surface area contributed by atoms with Gasteiger partial charge in [-0.2, -0.15) is 0 Å². The van der Waals surface area contributed by atoms with E-state index < -0.39 is 6.04 Å². The molecular formula is C23H25N3O3. The number of ether oxygens (including phenoxy) is 1. The van der Waals surface area contributed by atoms with Crippen LogP contribution in [0.5, 0.6) is 5.75 Å². The number of fused-ring (bicyclic) bond motifs is 3. The molecule has 0 N–H and O–H groups in total. The maximum Gasteiger partial charge on any atom is 0.253 e. The van der Waals surface area contributed by atoms with E-state index in [2.05, 4.69) is 41.2 Å². The van der Waals surface area contributed by atoms with Gasteiger partial charge in [-0.15, -0.1) is 0 Å². The lowest BCUT2D eigenvalue weighted by Gasteiger charge is -2.29. The van der Waals surface area contributed by atoms with E-state index in [1.165, 1.54) is 10.5 Å². The summed E-state index contributed by atoms with van der Waals surface area (Å²) in [6.45, 7) is 6.26. The van der Waals surface area contributed by atoms with Crippen molar-refractivity contribution in [2.45, 2.75) is 32.4 Å². The summed E-state index contributed by atoms with van der Waals surface area (Å²) in [7, 11) is 0. The predicted molar refractivity (Wildman–Crippen MR) is 109 cm³/mol. The van der Waals surface area contributed by atoms with Gasteiger partial charge in [-0.25, -0.2) is 14.9 Å². The van der Waals surface area contributed by atoms with E-state index in [0.29, 0.717) is 12.3 Å². The van der Waals surface area contributed by atoms with E-state index in [1.807, 2.05) is 19.1 Å². The average molecular weight is 391 g/mol. The van der Waals surface area contributed by atoms with Crippen LogP contribution >= 0.6 is 0 Å². The van der Waals surface area contributed by atoms with Crippen molar-refractivity contribution in [3.63, 3.8) is 0 Å². The van der Waals surface area contributed by atoms with Crippen LogP contribution in [0.3, 0.4) is 0 Å². The number of amides is 2. The molecule has 3 saturated heterocycles. The van der Waals surface area contributed by atoms with Gasteiger partial charge >= 0.3 is 0 Å². The molecule has 29 heavy (non-hydrogen) atoms. The Morgan fingerprint density at radius 2 is 1.55 bits per heavy atom. The Balaban J connectivity index is 1.51. The summed E-state index contributed by atoms with van der Waals surface area (Å²) in [4.78, 5) is 28.3. The van der Waals surface area contributed by atoms with Gasteiger partial charge in [-0.3, -0.25) is 9.59 Å². The van der Waals surface area contributed by atoms with Gasteiger partial charge in [0.25, 0.3) is 5.91 Å². The Morgan fingerprint density at radius 3 is 2.21 bits per heavy atom. The number of carbonyl (C=O) groups excluding carboxylic acids is 2. The molecule has 0 aromatic heterocycles. The summed E-state index contributed by atoms with van der Waals surface area (Å²) >= 11 is 0. The second-order valence-electron chi connectivity index (χ2n) is 7.94. The summed E-state index contributed by atoms with van der Waals surface area (Å²) in [6.07, 6.45) is 1.01. The van der Waals surface area contributed by atoms with Crippen molar-refractivity contribution in [1.82, 2.24) is 10.0 Å². The first-order valence-electron chi connectivity index (χ1n) is 10.3. The van der Waals surface area contributed by atoms with Crippen LogP contribution in [-0.4, -0.2) is 47.6 Å². The third-order valence-corrected chi connectivity index (χ3v) is 6.23. The molecule has 2 amide bonds.